The first-order valence-corrected chi connectivity index (χ1v) is 8.03. The maximum atomic E-state index is 12.4. The molecule has 0 unspecified atom stereocenters. The molecule has 0 atom stereocenters. The highest BCUT2D eigenvalue weighted by Crippen LogP contribution is 2.34. The summed E-state index contributed by atoms with van der Waals surface area (Å²) in [5.74, 6) is 0.974. The molecule has 3 rings (SSSR count). The third-order valence-electron chi connectivity index (χ3n) is 3.69. The first kappa shape index (κ1) is 16.4. The molecule has 126 valence electrons. The Hall–Kier alpha value is -2.47. The van der Waals surface area contributed by atoms with Gasteiger partial charge in [0.1, 0.15) is 18.1 Å². The van der Waals surface area contributed by atoms with Gasteiger partial charge >= 0.3 is 0 Å². The molecule has 7 heteroatoms. The van der Waals surface area contributed by atoms with Crippen molar-refractivity contribution < 1.29 is 18.7 Å². The summed E-state index contributed by atoms with van der Waals surface area (Å²) in [5.41, 5.74) is 0.648. The lowest BCUT2D eigenvalue weighted by molar-refractivity contribution is -0.125. The van der Waals surface area contributed by atoms with Crippen molar-refractivity contribution in [1.29, 1.82) is 0 Å². The first-order chi connectivity index (χ1) is 11.6. The summed E-state index contributed by atoms with van der Waals surface area (Å²) in [6, 6.07) is 8.69. The minimum absolute atomic E-state index is 0.118. The van der Waals surface area contributed by atoms with Gasteiger partial charge in [0.2, 0.25) is 11.8 Å². The van der Waals surface area contributed by atoms with E-state index in [0.29, 0.717) is 41.9 Å². The molecule has 0 radical (unpaired) electrons. The number of nitrogens with one attached hydrogen (secondary N) is 1. The van der Waals surface area contributed by atoms with Crippen LogP contribution in [0.15, 0.2) is 41.0 Å². The largest absolute Gasteiger partial charge is 0.490 e. The van der Waals surface area contributed by atoms with E-state index in [1.54, 1.807) is 41.5 Å². The van der Waals surface area contributed by atoms with Gasteiger partial charge in [-0.3, -0.25) is 9.59 Å². The third kappa shape index (κ3) is 3.89. The average Bonchev–Trinajstić information content (AvgIpc) is 3.10. The number of carbonyl (C=O) groups excluding carboxylic acids is 2. The van der Waals surface area contributed by atoms with E-state index >= 15 is 0 Å². The fraction of sp³-hybridized carbons (Fsp3) is 0.294. The zero-order chi connectivity index (χ0) is 16.9. The van der Waals surface area contributed by atoms with Crippen LogP contribution in [-0.2, 0) is 16.1 Å². The Labute approximate surface area is 144 Å². The Morgan fingerprint density at radius 2 is 2.12 bits per heavy atom. The summed E-state index contributed by atoms with van der Waals surface area (Å²) >= 11 is 6.00. The lowest BCUT2D eigenvalue weighted by Crippen LogP contribution is -2.38. The lowest BCUT2D eigenvalue weighted by Gasteiger charge is -2.29. The van der Waals surface area contributed by atoms with Crippen LogP contribution in [-0.4, -0.2) is 25.0 Å². The van der Waals surface area contributed by atoms with Crippen molar-refractivity contribution in [2.24, 2.45) is 0 Å². The number of benzene rings is 1. The van der Waals surface area contributed by atoms with Gasteiger partial charge in [-0.05, 0) is 30.3 Å². The summed E-state index contributed by atoms with van der Waals surface area (Å²) < 4.78 is 10.7. The molecular formula is C17H17ClN2O4. The molecular weight excluding hydrogens is 332 g/mol. The van der Waals surface area contributed by atoms with Gasteiger partial charge in [0.25, 0.3) is 0 Å². The molecule has 0 spiro atoms. The second kappa shape index (κ2) is 7.40. The number of carbonyl (C=O) groups is 2. The van der Waals surface area contributed by atoms with Crippen molar-refractivity contribution in [3.05, 3.63) is 47.4 Å². The van der Waals surface area contributed by atoms with Gasteiger partial charge in [0.15, 0.2) is 0 Å². The molecule has 0 saturated heterocycles. The average molecular weight is 349 g/mol. The predicted octanol–water partition coefficient (Wildman–Crippen LogP) is 2.76. The topological polar surface area (TPSA) is 71.8 Å². The number of rotatable bonds is 5. The van der Waals surface area contributed by atoms with Gasteiger partial charge in [-0.2, -0.15) is 0 Å². The van der Waals surface area contributed by atoms with Crippen LogP contribution in [0.25, 0.3) is 0 Å². The Morgan fingerprint density at radius 3 is 2.92 bits per heavy atom. The Morgan fingerprint density at radius 1 is 1.25 bits per heavy atom. The third-order valence-corrected chi connectivity index (χ3v) is 3.93. The van der Waals surface area contributed by atoms with Crippen LogP contribution >= 0.6 is 11.6 Å². The number of furan rings is 1. The standard InChI is InChI=1S/C17H17ClN2O4/c18-12-3-4-15-14(10-12)20(7-9-24-15)17(22)6-5-16(21)19-11-13-2-1-8-23-13/h1-4,8,10H,5-7,9,11H2,(H,19,21). The second-order valence-corrected chi connectivity index (χ2v) is 5.80. The Bertz CT molecular complexity index is 730. The van der Waals surface area contributed by atoms with Gasteiger partial charge in [0.05, 0.1) is 25.0 Å². The maximum Gasteiger partial charge on any atom is 0.227 e. The van der Waals surface area contributed by atoms with E-state index in [-0.39, 0.29) is 24.7 Å². The number of nitrogens with zero attached hydrogens (tertiary/aromatic N) is 1. The first-order valence-electron chi connectivity index (χ1n) is 7.65. The molecule has 2 heterocycles. The van der Waals surface area contributed by atoms with Crippen LogP contribution in [0.2, 0.25) is 5.02 Å². The van der Waals surface area contributed by atoms with Crippen molar-refractivity contribution >= 4 is 29.1 Å². The highest BCUT2D eigenvalue weighted by atomic mass is 35.5. The number of halogens is 1. The fourth-order valence-electron chi connectivity index (χ4n) is 2.49. The van der Waals surface area contributed by atoms with E-state index < -0.39 is 0 Å². The molecule has 0 saturated carbocycles. The number of fused-ring (bicyclic) bond motifs is 1. The molecule has 2 aromatic rings. The zero-order valence-electron chi connectivity index (χ0n) is 13.0. The van der Waals surface area contributed by atoms with Gasteiger partial charge < -0.3 is 19.4 Å². The molecule has 2 amide bonds. The molecule has 6 nitrogen and oxygen atoms in total. The maximum absolute atomic E-state index is 12.4. The second-order valence-electron chi connectivity index (χ2n) is 5.36. The van der Waals surface area contributed by atoms with E-state index in [9.17, 15) is 9.59 Å². The lowest BCUT2D eigenvalue weighted by atomic mass is 10.2. The van der Waals surface area contributed by atoms with Crippen molar-refractivity contribution in [3.63, 3.8) is 0 Å². The summed E-state index contributed by atoms with van der Waals surface area (Å²) in [4.78, 5) is 25.9. The van der Waals surface area contributed by atoms with Gasteiger partial charge in [-0.1, -0.05) is 11.6 Å². The smallest absolute Gasteiger partial charge is 0.227 e. The number of hydrogen-bond donors (Lipinski definition) is 1. The van der Waals surface area contributed by atoms with Crippen molar-refractivity contribution in [3.8, 4) is 5.75 Å². The van der Waals surface area contributed by atoms with Crippen LogP contribution < -0.4 is 15.0 Å². The molecule has 0 aliphatic carbocycles. The fourth-order valence-corrected chi connectivity index (χ4v) is 2.66. The molecule has 1 aliphatic rings. The van der Waals surface area contributed by atoms with Crippen LogP contribution in [0.1, 0.15) is 18.6 Å². The van der Waals surface area contributed by atoms with Crippen LogP contribution in [0.4, 0.5) is 5.69 Å². The minimum Gasteiger partial charge on any atom is -0.490 e. The number of amides is 2. The molecule has 1 N–H and O–H groups in total. The Balaban J connectivity index is 1.54. The SMILES string of the molecule is O=C(CCC(=O)N1CCOc2ccc(Cl)cc21)NCc1ccco1. The number of hydrogen-bond acceptors (Lipinski definition) is 4. The van der Waals surface area contributed by atoms with E-state index in [1.807, 2.05) is 0 Å². The van der Waals surface area contributed by atoms with E-state index in [4.69, 9.17) is 20.8 Å². The van der Waals surface area contributed by atoms with Crippen molar-refractivity contribution in [2.75, 3.05) is 18.1 Å². The summed E-state index contributed by atoms with van der Waals surface area (Å²) in [6.45, 7) is 1.18. The zero-order valence-corrected chi connectivity index (χ0v) is 13.7. The van der Waals surface area contributed by atoms with Crippen molar-refractivity contribution in [1.82, 2.24) is 5.32 Å². The minimum atomic E-state index is -0.195. The molecule has 0 fully saturated rings. The van der Waals surface area contributed by atoms with E-state index in [1.165, 1.54) is 0 Å². The van der Waals surface area contributed by atoms with E-state index in [2.05, 4.69) is 5.32 Å². The van der Waals surface area contributed by atoms with Crippen LogP contribution in [0, 0.1) is 0 Å². The molecule has 24 heavy (non-hydrogen) atoms. The molecule has 1 aromatic carbocycles. The summed E-state index contributed by atoms with van der Waals surface area (Å²) in [5, 5.41) is 3.26. The van der Waals surface area contributed by atoms with Crippen molar-refractivity contribution in [2.45, 2.75) is 19.4 Å². The van der Waals surface area contributed by atoms with Gasteiger partial charge in [-0.15, -0.1) is 0 Å². The molecule has 1 aliphatic heterocycles. The van der Waals surface area contributed by atoms with Crippen LogP contribution in [0.5, 0.6) is 5.75 Å². The highest BCUT2D eigenvalue weighted by molar-refractivity contribution is 6.31. The monoisotopic (exact) mass is 348 g/mol. The molecule has 0 bridgehead atoms. The quantitative estimate of drug-likeness (QED) is 0.901. The normalized spacial score (nSPS) is 13.1. The predicted molar refractivity (Wildman–Crippen MR) is 89.1 cm³/mol. The van der Waals surface area contributed by atoms with Gasteiger partial charge in [0, 0.05) is 17.9 Å². The summed E-state index contributed by atoms with van der Waals surface area (Å²) in [6.07, 6.45) is 1.79. The van der Waals surface area contributed by atoms with E-state index in [0.717, 1.165) is 0 Å². The number of anilines is 1. The Kier molecular flexibility index (Phi) is 5.05. The highest BCUT2D eigenvalue weighted by Gasteiger charge is 2.24. The summed E-state index contributed by atoms with van der Waals surface area (Å²) in [7, 11) is 0. The molecule has 1 aromatic heterocycles. The van der Waals surface area contributed by atoms with Crippen LogP contribution in [0.3, 0.4) is 0 Å². The van der Waals surface area contributed by atoms with Gasteiger partial charge in [-0.25, -0.2) is 0 Å². The number of ether oxygens (including phenoxy) is 1.